The Bertz CT molecular complexity index is 262. The summed E-state index contributed by atoms with van der Waals surface area (Å²) in [5.41, 5.74) is 6.24. The first-order valence-corrected chi connectivity index (χ1v) is 8.61. The highest BCUT2D eigenvalue weighted by atomic mass is 15.2. The van der Waals surface area contributed by atoms with Crippen LogP contribution < -0.4 is 5.73 Å². The second kappa shape index (κ2) is 7.08. The van der Waals surface area contributed by atoms with Crippen LogP contribution >= 0.6 is 0 Å². The molecule has 1 aliphatic heterocycles. The third-order valence-corrected chi connectivity index (χ3v) is 5.59. The molecule has 0 aromatic heterocycles. The Labute approximate surface area is 120 Å². The van der Waals surface area contributed by atoms with Crippen molar-refractivity contribution in [2.24, 2.45) is 17.6 Å². The van der Waals surface area contributed by atoms with Gasteiger partial charge >= 0.3 is 0 Å². The van der Waals surface area contributed by atoms with Gasteiger partial charge in [-0.1, -0.05) is 33.1 Å². The molecular weight excluding hydrogens is 232 g/mol. The van der Waals surface area contributed by atoms with Crippen molar-refractivity contribution in [2.45, 2.75) is 90.3 Å². The number of likely N-dealkylation sites (tertiary alicyclic amines) is 1. The van der Waals surface area contributed by atoms with Crippen molar-refractivity contribution in [3.05, 3.63) is 0 Å². The van der Waals surface area contributed by atoms with Gasteiger partial charge in [0, 0.05) is 18.1 Å². The topological polar surface area (TPSA) is 29.3 Å². The van der Waals surface area contributed by atoms with E-state index < -0.39 is 0 Å². The molecule has 4 atom stereocenters. The molecule has 0 bridgehead atoms. The van der Waals surface area contributed by atoms with Crippen molar-refractivity contribution < 1.29 is 0 Å². The first-order chi connectivity index (χ1) is 9.09. The van der Waals surface area contributed by atoms with E-state index in [0.717, 1.165) is 17.9 Å². The quantitative estimate of drug-likeness (QED) is 0.787. The van der Waals surface area contributed by atoms with Crippen molar-refractivity contribution in [1.82, 2.24) is 4.90 Å². The molecule has 19 heavy (non-hydrogen) atoms. The maximum Gasteiger partial charge on any atom is 0.0247 e. The molecule has 0 amide bonds. The molecule has 2 heteroatoms. The fourth-order valence-electron chi connectivity index (χ4n) is 4.31. The summed E-state index contributed by atoms with van der Waals surface area (Å²) in [7, 11) is 0. The standard InChI is InChI=1S/C17H34N2/c1-13(2)15-7-6-8-16(11-10-15)19-12-5-4-9-17(19)14(3)18/h13-17H,4-12,18H2,1-3H3. The Morgan fingerprint density at radius 2 is 1.68 bits per heavy atom. The van der Waals surface area contributed by atoms with Gasteiger partial charge < -0.3 is 5.73 Å². The van der Waals surface area contributed by atoms with Crippen LogP contribution in [-0.2, 0) is 0 Å². The van der Waals surface area contributed by atoms with Crippen LogP contribution in [-0.4, -0.2) is 29.6 Å². The van der Waals surface area contributed by atoms with Gasteiger partial charge in [0.25, 0.3) is 0 Å². The number of hydrogen-bond donors (Lipinski definition) is 1. The van der Waals surface area contributed by atoms with E-state index in [1.54, 1.807) is 0 Å². The van der Waals surface area contributed by atoms with Crippen molar-refractivity contribution in [2.75, 3.05) is 6.54 Å². The average Bonchev–Trinajstić information content (AvgIpc) is 2.64. The van der Waals surface area contributed by atoms with Crippen LogP contribution in [0.15, 0.2) is 0 Å². The van der Waals surface area contributed by atoms with E-state index in [1.807, 2.05) is 0 Å². The van der Waals surface area contributed by atoms with Crippen LogP contribution in [0.4, 0.5) is 0 Å². The average molecular weight is 266 g/mol. The van der Waals surface area contributed by atoms with Crippen LogP contribution in [0.5, 0.6) is 0 Å². The third-order valence-electron chi connectivity index (χ3n) is 5.59. The molecule has 2 aliphatic rings. The number of nitrogens with zero attached hydrogens (tertiary/aromatic N) is 1. The summed E-state index contributed by atoms with van der Waals surface area (Å²) in [5.74, 6) is 1.83. The lowest BCUT2D eigenvalue weighted by Gasteiger charge is -2.43. The molecule has 0 aromatic rings. The first-order valence-electron chi connectivity index (χ1n) is 8.61. The summed E-state index contributed by atoms with van der Waals surface area (Å²) < 4.78 is 0. The lowest BCUT2D eigenvalue weighted by Crippen LogP contribution is -2.53. The van der Waals surface area contributed by atoms with E-state index in [4.69, 9.17) is 5.73 Å². The normalized spacial score (nSPS) is 36.2. The van der Waals surface area contributed by atoms with Gasteiger partial charge in [-0.2, -0.15) is 0 Å². The van der Waals surface area contributed by atoms with Crippen LogP contribution in [0, 0.1) is 11.8 Å². The monoisotopic (exact) mass is 266 g/mol. The SMILES string of the molecule is CC(C)C1CCCC(N2CCCCC2C(C)N)CC1. The Kier molecular flexibility index (Phi) is 5.70. The molecule has 0 spiro atoms. The fourth-order valence-corrected chi connectivity index (χ4v) is 4.31. The molecule has 1 aliphatic carbocycles. The first kappa shape index (κ1) is 15.3. The summed E-state index contributed by atoms with van der Waals surface area (Å²) in [4.78, 5) is 2.79. The van der Waals surface area contributed by atoms with E-state index in [-0.39, 0.29) is 0 Å². The van der Waals surface area contributed by atoms with Crippen molar-refractivity contribution in [3.63, 3.8) is 0 Å². The second-order valence-electron chi connectivity index (χ2n) is 7.33. The van der Waals surface area contributed by atoms with Crippen LogP contribution in [0.1, 0.15) is 72.1 Å². The van der Waals surface area contributed by atoms with E-state index in [1.165, 1.54) is 57.9 Å². The zero-order chi connectivity index (χ0) is 13.8. The second-order valence-corrected chi connectivity index (χ2v) is 7.33. The Hall–Kier alpha value is -0.0800. The van der Waals surface area contributed by atoms with E-state index in [2.05, 4.69) is 25.7 Å². The van der Waals surface area contributed by atoms with Gasteiger partial charge in [0.2, 0.25) is 0 Å². The number of rotatable bonds is 3. The molecule has 0 aromatic carbocycles. The smallest absolute Gasteiger partial charge is 0.0247 e. The molecule has 1 saturated carbocycles. The van der Waals surface area contributed by atoms with Crippen molar-refractivity contribution >= 4 is 0 Å². The van der Waals surface area contributed by atoms with Gasteiger partial charge in [0.15, 0.2) is 0 Å². The highest BCUT2D eigenvalue weighted by molar-refractivity contribution is 4.89. The zero-order valence-electron chi connectivity index (χ0n) is 13.3. The fraction of sp³-hybridized carbons (Fsp3) is 1.00. The number of piperidine rings is 1. The van der Waals surface area contributed by atoms with Gasteiger partial charge in [-0.3, -0.25) is 4.90 Å². The summed E-state index contributed by atoms with van der Waals surface area (Å²) in [5, 5.41) is 0. The summed E-state index contributed by atoms with van der Waals surface area (Å²) in [6.45, 7) is 8.30. The predicted octanol–water partition coefficient (Wildman–Crippen LogP) is 3.79. The Balaban J connectivity index is 1.96. The molecular formula is C17H34N2. The lowest BCUT2D eigenvalue weighted by molar-refractivity contribution is 0.0720. The number of nitrogens with two attached hydrogens (primary N) is 1. The van der Waals surface area contributed by atoms with Crippen LogP contribution in [0.3, 0.4) is 0 Å². The maximum absolute atomic E-state index is 6.24. The minimum absolute atomic E-state index is 0.337. The van der Waals surface area contributed by atoms with Crippen LogP contribution in [0.25, 0.3) is 0 Å². The van der Waals surface area contributed by atoms with Gasteiger partial charge in [-0.05, 0) is 57.4 Å². The minimum Gasteiger partial charge on any atom is -0.327 e. The third kappa shape index (κ3) is 3.95. The Morgan fingerprint density at radius 3 is 2.37 bits per heavy atom. The molecule has 1 saturated heterocycles. The van der Waals surface area contributed by atoms with Gasteiger partial charge in [-0.15, -0.1) is 0 Å². The minimum atomic E-state index is 0.337. The molecule has 112 valence electrons. The molecule has 4 unspecified atom stereocenters. The maximum atomic E-state index is 6.24. The zero-order valence-corrected chi connectivity index (χ0v) is 13.3. The van der Waals surface area contributed by atoms with Crippen molar-refractivity contribution in [1.29, 1.82) is 0 Å². The molecule has 2 nitrogen and oxygen atoms in total. The highest BCUT2D eigenvalue weighted by Crippen LogP contribution is 2.33. The molecule has 2 N–H and O–H groups in total. The van der Waals surface area contributed by atoms with E-state index >= 15 is 0 Å². The van der Waals surface area contributed by atoms with E-state index in [0.29, 0.717) is 12.1 Å². The molecule has 2 rings (SSSR count). The summed E-state index contributed by atoms with van der Waals surface area (Å²) in [6.07, 6.45) is 11.2. The van der Waals surface area contributed by atoms with Gasteiger partial charge in [-0.25, -0.2) is 0 Å². The van der Waals surface area contributed by atoms with Gasteiger partial charge in [0.05, 0.1) is 0 Å². The highest BCUT2D eigenvalue weighted by Gasteiger charge is 2.32. The summed E-state index contributed by atoms with van der Waals surface area (Å²) in [6, 6.07) is 1.80. The largest absolute Gasteiger partial charge is 0.327 e. The lowest BCUT2D eigenvalue weighted by atomic mass is 9.88. The predicted molar refractivity (Wildman–Crippen MR) is 83.2 cm³/mol. The Morgan fingerprint density at radius 1 is 0.895 bits per heavy atom. The molecule has 1 heterocycles. The summed E-state index contributed by atoms with van der Waals surface area (Å²) >= 11 is 0. The number of hydrogen-bond acceptors (Lipinski definition) is 2. The van der Waals surface area contributed by atoms with E-state index in [9.17, 15) is 0 Å². The molecule has 2 fully saturated rings. The van der Waals surface area contributed by atoms with Gasteiger partial charge in [0.1, 0.15) is 0 Å². The van der Waals surface area contributed by atoms with Crippen LogP contribution in [0.2, 0.25) is 0 Å². The molecule has 0 radical (unpaired) electrons. The van der Waals surface area contributed by atoms with Crippen molar-refractivity contribution in [3.8, 4) is 0 Å².